The SMILES string of the molecule is N/C(CC(=O)Nc1cccc(Cl)c1Br)=N/O. The van der Waals surface area contributed by atoms with Crippen LogP contribution in [0.15, 0.2) is 27.8 Å². The van der Waals surface area contributed by atoms with Gasteiger partial charge in [-0.15, -0.1) is 0 Å². The quantitative estimate of drug-likeness (QED) is 0.346. The Morgan fingerprint density at radius 3 is 2.94 bits per heavy atom. The molecule has 0 radical (unpaired) electrons. The van der Waals surface area contributed by atoms with Crippen molar-refractivity contribution in [2.24, 2.45) is 10.9 Å². The molecular formula is C9H9BrClN3O2. The number of oxime groups is 1. The minimum atomic E-state index is -0.390. The molecule has 0 aliphatic rings. The van der Waals surface area contributed by atoms with E-state index in [2.05, 4.69) is 26.4 Å². The number of amidine groups is 1. The van der Waals surface area contributed by atoms with E-state index < -0.39 is 5.91 Å². The van der Waals surface area contributed by atoms with Crippen molar-refractivity contribution in [1.29, 1.82) is 0 Å². The molecule has 1 amide bonds. The van der Waals surface area contributed by atoms with E-state index in [-0.39, 0.29) is 12.3 Å². The number of amides is 1. The zero-order valence-electron chi connectivity index (χ0n) is 8.08. The van der Waals surface area contributed by atoms with Crippen molar-refractivity contribution < 1.29 is 10.0 Å². The first-order valence-electron chi connectivity index (χ1n) is 4.25. The molecule has 0 heterocycles. The van der Waals surface area contributed by atoms with Gasteiger partial charge in [0.1, 0.15) is 5.84 Å². The first kappa shape index (κ1) is 12.8. The first-order chi connectivity index (χ1) is 7.54. The normalized spacial score (nSPS) is 11.2. The van der Waals surface area contributed by atoms with Gasteiger partial charge >= 0.3 is 0 Å². The van der Waals surface area contributed by atoms with Gasteiger partial charge in [-0.2, -0.15) is 0 Å². The Bertz CT molecular complexity index is 437. The molecule has 4 N–H and O–H groups in total. The highest BCUT2D eigenvalue weighted by atomic mass is 79.9. The molecule has 86 valence electrons. The van der Waals surface area contributed by atoms with Gasteiger partial charge in [0.15, 0.2) is 0 Å². The van der Waals surface area contributed by atoms with Crippen molar-refractivity contribution in [1.82, 2.24) is 0 Å². The molecule has 7 heteroatoms. The van der Waals surface area contributed by atoms with Gasteiger partial charge in [-0.1, -0.05) is 22.8 Å². The van der Waals surface area contributed by atoms with Crippen LogP contribution in [0.2, 0.25) is 5.02 Å². The number of benzene rings is 1. The van der Waals surface area contributed by atoms with Gasteiger partial charge in [-0.05, 0) is 28.1 Å². The minimum absolute atomic E-state index is 0.157. The minimum Gasteiger partial charge on any atom is -0.409 e. The Hall–Kier alpha value is -1.27. The second-order valence-electron chi connectivity index (χ2n) is 2.92. The predicted octanol–water partition coefficient (Wildman–Crippen LogP) is 2.18. The van der Waals surface area contributed by atoms with E-state index in [4.69, 9.17) is 22.5 Å². The molecule has 0 bridgehead atoms. The fraction of sp³-hybridized carbons (Fsp3) is 0.111. The van der Waals surface area contributed by atoms with E-state index in [1.165, 1.54) is 0 Å². The number of hydrogen-bond donors (Lipinski definition) is 3. The summed E-state index contributed by atoms with van der Waals surface area (Å²) in [7, 11) is 0. The lowest BCUT2D eigenvalue weighted by molar-refractivity contribution is -0.115. The van der Waals surface area contributed by atoms with Crippen molar-refractivity contribution >= 4 is 45.0 Å². The highest BCUT2D eigenvalue weighted by Crippen LogP contribution is 2.29. The third-order valence-electron chi connectivity index (χ3n) is 1.70. The molecule has 0 aliphatic heterocycles. The summed E-state index contributed by atoms with van der Waals surface area (Å²) in [4.78, 5) is 11.4. The van der Waals surface area contributed by atoms with Gasteiger partial charge in [-0.25, -0.2) is 0 Å². The van der Waals surface area contributed by atoms with Gasteiger partial charge in [-0.3, -0.25) is 4.79 Å². The maximum absolute atomic E-state index is 11.4. The largest absolute Gasteiger partial charge is 0.409 e. The number of carbonyl (C=O) groups excluding carboxylic acids is 1. The fourth-order valence-electron chi connectivity index (χ4n) is 0.995. The first-order valence-corrected chi connectivity index (χ1v) is 5.42. The number of carbonyl (C=O) groups is 1. The Morgan fingerprint density at radius 1 is 1.62 bits per heavy atom. The average Bonchev–Trinajstić information content (AvgIpc) is 2.24. The van der Waals surface area contributed by atoms with Crippen molar-refractivity contribution in [2.45, 2.75) is 6.42 Å². The Morgan fingerprint density at radius 2 is 2.31 bits per heavy atom. The highest BCUT2D eigenvalue weighted by molar-refractivity contribution is 9.10. The fourth-order valence-corrected chi connectivity index (χ4v) is 1.53. The third kappa shape index (κ3) is 3.39. The Balaban J connectivity index is 2.74. The summed E-state index contributed by atoms with van der Waals surface area (Å²) in [6.07, 6.45) is -0.185. The molecular weight excluding hydrogens is 297 g/mol. The van der Waals surface area contributed by atoms with E-state index >= 15 is 0 Å². The van der Waals surface area contributed by atoms with Crippen LogP contribution in [0, 0.1) is 0 Å². The zero-order valence-corrected chi connectivity index (χ0v) is 10.4. The second-order valence-corrected chi connectivity index (χ2v) is 4.12. The van der Waals surface area contributed by atoms with E-state index in [0.717, 1.165) is 0 Å². The molecule has 1 rings (SSSR count). The topological polar surface area (TPSA) is 87.7 Å². The molecule has 0 unspecified atom stereocenters. The third-order valence-corrected chi connectivity index (χ3v) is 3.09. The summed E-state index contributed by atoms with van der Waals surface area (Å²) < 4.78 is 0.588. The molecule has 0 atom stereocenters. The van der Waals surface area contributed by atoms with Crippen LogP contribution in [0.5, 0.6) is 0 Å². The number of nitrogens with one attached hydrogen (secondary N) is 1. The van der Waals surface area contributed by atoms with Crippen LogP contribution in [-0.4, -0.2) is 17.0 Å². The monoisotopic (exact) mass is 305 g/mol. The lowest BCUT2D eigenvalue weighted by Crippen LogP contribution is -2.22. The predicted molar refractivity (Wildman–Crippen MR) is 65.8 cm³/mol. The van der Waals surface area contributed by atoms with Gasteiger partial charge in [0, 0.05) is 0 Å². The van der Waals surface area contributed by atoms with Crippen LogP contribution < -0.4 is 11.1 Å². The summed E-state index contributed by atoms with van der Waals surface area (Å²) in [6.45, 7) is 0. The second kappa shape index (κ2) is 5.72. The maximum Gasteiger partial charge on any atom is 0.232 e. The molecule has 0 saturated heterocycles. The number of nitrogens with two attached hydrogens (primary N) is 1. The van der Waals surface area contributed by atoms with E-state index in [1.807, 2.05) is 0 Å². The molecule has 5 nitrogen and oxygen atoms in total. The zero-order chi connectivity index (χ0) is 12.1. The summed E-state index contributed by atoms with van der Waals surface area (Å²) in [5.41, 5.74) is 5.73. The van der Waals surface area contributed by atoms with Crippen molar-refractivity contribution in [3.63, 3.8) is 0 Å². The van der Waals surface area contributed by atoms with Crippen LogP contribution in [0.4, 0.5) is 5.69 Å². The van der Waals surface area contributed by atoms with E-state index in [1.54, 1.807) is 18.2 Å². The van der Waals surface area contributed by atoms with Crippen molar-refractivity contribution in [2.75, 3.05) is 5.32 Å². The Kier molecular flexibility index (Phi) is 4.57. The van der Waals surface area contributed by atoms with Crippen LogP contribution in [0.25, 0.3) is 0 Å². The van der Waals surface area contributed by atoms with Gasteiger partial charge in [0.25, 0.3) is 0 Å². The van der Waals surface area contributed by atoms with Crippen LogP contribution in [0.1, 0.15) is 6.42 Å². The van der Waals surface area contributed by atoms with Gasteiger partial charge in [0.2, 0.25) is 5.91 Å². The highest BCUT2D eigenvalue weighted by Gasteiger charge is 2.09. The maximum atomic E-state index is 11.4. The summed E-state index contributed by atoms with van der Waals surface area (Å²) in [5.74, 6) is -0.547. The number of anilines is 1. The molecule has 0 saturated carbocycles. The summed E-state index contributed by atoms with van der Waals surface area (Å²) in [5, 5.41) is 14.1. The van der Waals surface area contributed by atoms with Gasteiger partial charge < -0.3 is 16.3 Å². The molecule has 16 heavy (non-hydrogen) atoms. The van der Waals surface area contributed by atoms with E-state index in [0.29, 0.717) is 15.2 Å². The van der Waals surface area contributed by atoms with Crippen molar-refractivity contribution in [3.8, 4) is 0 Å². The number of nitrogens with zero attached hydrogens (tertiary/aromatic N) is 1. The number of hydrogen-bond acceptors (Lipinski definition) is 3. The summed E-state index contributed by atoms with van der Waals surface area (Å²) >= 11 is 9.08. The molecule has 0 aromatic heterocycles. The lowest BCUT2D eigenvalue weighted by Gasteiger charge is -2.07. The molecule has 1 aromatic rings. The smallest absolute Gasteiger partial charge is 0.232 e. The molecule has 0 fully saturated rings. The number of rotatable bonds is 3. The average molecular weight is 307 g/mol. The Labute approximate surface area is 105 Å². The van der Waals surface area contributed by atoms with Gasteiger partial charge in [0.05, 0.1) is 21.6 Å². The summed E-state index contributed by atoms with van der Waals surface area (Å²) in [6, 6.07) is 5.07. The molecule has 0 aliphatic carbocycles. The lowest BCUT2D eigenvalue weighted by atomic mass is 10.3. The van der Waals surface area contributed by atoms with Crippen LogP contribution in [0.3, 0.4) is 0 Å². The number of halogens is 2. The van der Waals surface area contributed by atoms with Crippen molar-refractivity contribution in [3.05, 3.63) is 27.7 Å². The van der Waals surface area contributed by atoms with Crippen LogP contribution in [-0.2, 0) is 4.79 Å². The molecule has 0 spiro atoms. The van der Waals surface area contributed by atoms with E-state index in [9.17, 15) is 4.79 Å². The van der Waals surface area contributed by atoms with Crippen LogP contribution >= 0.6 is 27.5 Å². The standard InChI is InChI=1S/C9H9BrClN3O2/c10-9-5(11)2-1-3-6(9)13-8(15)4-7(12)14-16/h1-3,16H,4H2,(H2,12,14)(H,13,15). The molecule has 1 aromatic carbocycles.